The van der Waals surface area contributed by atoms with Gasteiger partial charge in [0.05, 0.1) is 0 Å². The van der Waals surface area contributed by atoms with E-state index in [9.17, 15) is 0 Å². The van der Waals surface area contributed by atoms with E-state index in [1.807, 2.05) is 11.1 Å². The molecule has 0 nitrogen and oxygen atoms in total. The van der Waals surface area contributed by atoms with E-state index < -0.39 is 0 Å². The maximum atomic E-state index is 2.66. The topological polar surface area (TPSA) is 0 Å². The predicted octanol–water partition coefficient (Wildman–Crippen LogP) is 7.41. The van der Waals surface area contributed by atoms with E-state index in [2.05, 4.69) is 47.6 Å². The van der Waals surface area contributed by atoms with Gasteiger partial charge in [0, 0.05) is 0 Å². The molecule has 3 fully saturated rings. The van der Waals surface area contributed by atoms with E-state index in [0.717, 1.165) is 41.4 Å². The summed E-state index contributed by atoms with van der Waals surface area (Å²) in [6.07, 6.45) is 12.7. The van der Waals surface area contributed by atoms with Crippen LogP contribution in [0.3, 0.4) is 0 Å². The minimum atomic E-state index is 0.609. The summed E-state index contributed by atoms with van der Waals surface area (Å²) in [4.78, 5) is 0. The second-order valence-corrected chi connectivity index (χ2v) is 10.9. The number of hydrogen-bond donors (Lipinski definition) is 0. The molecule has 7 atom stereocenters. The Hall–Kier alpha value is -0.520. The molecule has 0 N–H and O–H groups in total. The summed E-state index contributed by atoms with van der Waals surface area (Å²) in [5.74, 6) is 6.22. The van der Waals surface area contributed by atoms with Crippen molar-refractivity contribution in [3.63, 3.8) is 0 Å². The van der Waals surface area contributed by atoms with Crippen LogP contribution in [-0.4, -0.2) is 0 Å². The zero-order valence-electron chi connectivity index (χ0n) is 17.6. The van der Waals surface area contributed by atoms with E-state index >= 15 is 0 Å². The standard InChI is InChI=1S/C25H40/c1-15(2)19-11-12-25(6)14-23-17(4)7-9-20-16(3)8-10-21(20)18(5)22(23)13-24(19)25/h7,15-16,19-20,22-24H,8-14H2,1-6H3/b17-7-,21-18-/t16-,19-,20-,22+,23+,24-,25+/m0/s1. The van der Waals surface area contributed by atoms with Crippen molar-refractivity contribution in [1.82, 2.24) is 0 Å². The van der Waals surface area contributed by atoms with Crippen LogP contribution in [0.25, 0.3) is 0 Å². The molecule has 0 aromatic heterocycles. The van der Waals surface area contributed by atoms with Gasteiger partial charge in [-0.25, -0.2) is 0 Å². The van der Waals surface area contributed by atoms with Gasteiger partial charge >= 0.3 is 0 Å². The Morgan fingerprint density at radius 3 is 2.56 bits per heavy atom. The first-order valence-electron chi connectivity index (χ1n) is 11.2. The normalized spacial score (nSPS) is 52.0. The summed E-state index contributed by atoms with van der Waals surface area (Å²) in [6.45, 7) is 15.1. The van der Waals surface area contributed by atoms with Gasteiger partial charge in [-0.15, -0.1) is 0 Å². The highest BCUT2D eigenvalue weighted by atomic mass is 14.6. The summed E-state index contributed by atoms with van der Waals surface area (Å²) in [7, 11) is 0. The number of hydrogen-bond acceptors (Lipinski definition) is 0. The van der Waals surface area contributed by atoms with Gasteiger partial charge < -0.3 is 0 Å². The number of rotatable bonds is 1. The third-order valence-electron chi connectivity index (χ3n) is 9.34. The third-order valence-corrected chi connectivity index (χ3v) is 9.34. The first kappa shape index (κ1) is 17.9. The van der Waals surface area contributed by atoms with E-state index in [4.69, 9.17) is 0 Å². The molecular formula is C25H40. The zero-order valence-corrected chi connectivity index (χ0v) is 17.6. The SMILES string of the molecule is C/C1=C/C[C@@H]2/C(=C(/C)[C@H]3C[C@H]4[C@H](C(C)C)CC[C@]4(C)C[C@H]13)CC[C@@H]2C. The summed E-state index contributed by atoms with van der Waals surface area (Å²) in [6, 6.07) is 0. The quantitative estimate of drug-likeness (QED) is 0.436. The van der Waals surface area contributed by atoms with Crippen molar-refractivity contribution in [1.29, 1.82) is 0 Å². The Balaban J connectivity index is 1.72. The lowest BCUT2D eigenvalue weighted by atomic mass is 9.56. The molecule has 0 unspecified atom stereocenters. The number of fused-ring (bicyclic) bond motifs is 3. The molecular weight excluding hydrogens is 300 g/mol. The van der Waals surface area contributed by atoms with Gasteiger partial charge in [0.15, 0.2) is 0 Å². The molecule has 0 amide bonds. The largest absolute Gasteiger partial charge is 0.0847 e. The van der Waals surface area contributed by atoms with E-state index in [-0.39, 0.29) is 0 Å². The van der Waals surface area contributed by atoms with Gasteiger partial charge in [0.1, 0.15) is 0 Å². The van der Waals surface area contributed by atoms with Gasteiger partial charge in [-0.3, -0.25) is 0 Å². The van der Waals surface area contributed by atoms with Crippen molar-refractivity contribution in [3.8, 4) is 0 Å². The smallest absolute Gasteiger partial charge is 0.0135 e. The molecule has 140 valence electrons. The van der Waals surface area contributed by atoms with Crippen molar-refractivity contribution in [2.24, 2.45) is 46.8 Å². The molecule has 0 saturated heterocycles. The highest BCUT2D eigenvalue weighted by Gasteiger charge is 2.52. The summed E-state index contributed by atoms with van der Waals surface area (Å²) >= 11 is 0. The fraction of sp³-hybridized carbons (Fsp3) is 0.840. The summed E-state index contributed by atoms with van der Waals surface area (Å²) < 4.78 is 0. The maximum absolute atomic E-state index is 2.66. The molecule has 0 heterocycles. The molecule has 4 aliphatic rings. The van der Waals surface area contributed by atoms with Crippen LogP contribution in [0.4, 0.5) is 0 Å². The fourth-order valence-corrected chi connectivity index (χ4v) is 7.63. The Kier molecular flexibility index (Phi) is 4.49. The van der Waals surface area contributed by atoms with Crippen molar-refractivity contribution >= 4 is 0 Å². The molecule has 0 spiro atoms. The molecule has 3 saturated carbocycles. The van der Waals surface area contributed by atoms with Crippen molar-refractivity contribution in [2.75, 3.05) is 0 Å². The van der Waals surface area contributed by atoms with Crippen LogP contribution < -0.4 is 0 Å². The average Bonchev–Trinajstić information content (AvgIpc) is 3.09. The molecule has 25 heavy (non-hydrogen) atoms. The minimum absolute atomic E-state index is 0.609. The summed E-state index contributed by atoms with van der Waals surface area (Å²) in [5, 5.41) is 0. The van der Waals surface area contributed by atoms with Crippen molar-refractivity contribution in [2.45, 2.75) is 86.5 Å². The Morgan fingerprint density at radius 1 is 1.08 bits per heavy atom. The van der Waals surface area contributed by atoms with Crippen LogP contribution in [0.2, 0.25) is 0 Å². The first-order valence-corrected chi connectivity index (χ1v) is 11.2. The minimum Gasteiger partial charge on any atom is -0.0847 e. The second-order valence-electron chi connectivity index (χ2n) is 10.9. The first-order chi connectivity index (χ1) is 11.8. The van der Waals surface area contributed by atoms with Crippen LogP contribution in [0, 0.1) is 46.8 Å². The van der Waals surface area contributed by atoms with Gasteiger partial charge in [0.2, 0.25) is 0 Å². The lowest BCUT2D eigenvalue weighted by Gasteiger charge is -2.49. The van der Waals surface area contributed by atoms with E-state index in [1.54, 1.807) is 5.57 Å². The van der Waals surface area contributed by atoms with Crippen LogP contribution >= 0.6 is 0 Å². The average molecular weight is 341 g/mol. The van der Waals surface area contributed by atoms with Crippen LogP contribution in [0.15, 0.2) is 22.8 Å². The molecule has 0 heteroatoms. The Labute approximate surface area is 156 Å². The van der Waals surface area contributed by atoms with Crippen molar-refractivity contribution in [3.05, 3.63) is 22.8 Å². The molecule has 0 aromatic carbocycles. The molecule has 4 rings (SSSR count). The van der Waals surface area contributed by atoms with Crippen LogP contribution in [0.1, 0.15) is 86.5 Å². The van der Waals surface area contributed by atoms with Crippen molar-refractivity contribution < 1.29 is 0 Å². The molecule has 0 bridgehead atoms. The highest BCUT2D eigenvalue weighted by Crippen LogP contribution is 2.62. The van der Waals surface area contributed by atoms with Gasteiger partial charge in [0.25, 0.3) is 0 Å². The lowest BCUT2D eigenvalue weighted by Crippen LogP contribution is -2.40. The van der Waals surface area contributed by atoms with Gasteiger partial charge in [-0.2, -0.15) is 0 Å². The third kappa shape index (κ3) is 2.78. The molecule has 0 radical (unpaired) electrons. The second kappa shape index (κ2) is 6.28. The molecule has 0 aliphatic heterocycles. The predicted molar refractivity (Wildman–Crippen MR) is 108 cm³/mol. The molecule has 4 aliphatic carbocycles. The van der Waals surface area contributed by atoms with Crippen LogP contribution in [-0.2, 0) is 0 Å². The van der Waals surface area contributed by atoms with Gasteiger partial charge in [-0.05, 0) is 106 Å². The number of allylic oxidation sites excluding steroid dienone is 4. The lowest BCUT2D eigenvalue weighted by molar-refractivity contribution is 0.0527. The van der Waals surface area contributed by atoms with E-state index in [0.29, 0.717) is 5.41 Å². The van der Waals surface area contributed by atoms with Gasteiger partial charge in [-0.1, -0.05) is 50.5 Å². The monoisotopic (exact) mass is 340 g/mol. The Morgan fingerprint density at radius 2 is 1.84 bits per heavy atom. The summed E-state index contributed by atoms with van der Waals surface area (Å²) in [5.41, 5.74) is 6.06. The zero-order chi connectivity index (χ0) is 17.9. The van der Waals surface area contributed by atoms with Crippen LogP contribution in [0.5, 0.6) is 0 Å². The maximum Gasteiger partial charge on any atom is -0.0135 e. The Bertz CT molecular complexity index is 591. The van der Waals surface area contributed by atoms with E-state index in [1.165, 1.54) is 44.9 Å². The molecule has 0 aromatic rings. The highest BCUT2D eigenvalue weighted by molar-refractivity contribution is 5.30. The fourth-order valence-electron chi connectivity index (χ4n) is 7.63.